The predicted molar refractivity (Wildman–Crippen MR) is 49.2 cm³/mol. The Hall–Kier alpha value is -0.513. The van der Waals surface area contributed by atoms with Crippen LogP contribution in [0.4, 0.5) is 0 Å². The summed E-state index contributed by atoms with van der Waals surface area (Å²) < 4.78 is 4.43. The second kappa shape index (κ2) is 4.33. The van der Waals surface area contributed by atoms with Gasteiger partial charge in [-0.1, -0.05) is 6.55 Å². The molecule has 0 amide bonds. The van der Waals surface area contributed by atoms with Gasteiger partial charge in [-0.2, -0.15) is 0 Å². The van der Waals surface area contributed by atoms with E-state index in [0.717, 1.165) is 5.96 Å². The Morgan fingerprint density at radius 1 is 1.10 bits per heavy atom. The molecule has 3 nitrogen and oxygen atoms in total. The van der Waals surface area contributed by atoms with Crippen LogP contribution in [0, 0.1) is 0 Å². The van der Waals surface area contributed by atoms with E-state index in [9.17, 15) is 0 Å². The molecule has 0 aromatic heterocycles. The molecule has 0 bridgehead atoms. The van der Waals surface area contributed by atoms with Crippen molar-refractivity contribution < 1.29 is 0 Å². The van der Waals surface area contributed by atoms with Crippen molar-refractivity contribution in [3.05, 3.63) is 0 Å². The van der Waals surface area contributed by atoms with Crippen molar-refractivity contribution in [3.63, 3.8) is 0 Å². The molecule has 0 radical (unpaired) electrons. The molecule has 0 aliphatic heterocycles. The molecule has 0 aromatic rings. The first kappa shape index (κ1) is 9.49. The van der Waals surface area contributed by atoms with E-state index in [4.69, 9.17) is 0 Å². The van der Waals surface area contributed by atoms with Crippen LogP contribution in [0.25, 0.3) is 0 Å². The van der Waals surface area contributed by atoms with Crippen LogP contribution in [-0.4, -0.2) is 53.6 Å². The van der Waals surface area contributed by atoms with Gasteiger partial charge in [0.25, 0.3) is 0 Å². The highest BCUT2D eigenvalue weighted by molar-refractivity contribution is 6.33. The molecule has 0 saturated heterocycles. The van der Waals surface area contributed by atoms with Crippen LogP contribution in [0.15, 0.2) is 4.66 Å². The fourth-order valence-electron chi connectivity index (χ4n) is 0.824. The Labute approximate surface area is 65.6 Å². The predicted octanol–water partition coefficient (Wildman–Crippen LogP) is -0.403. The first-order chi connectivity index (χ1) is 4.59. The summed E-state index contributed by atoms with van der Waals surface area (Å²) in [5, 5.41) is 0. The third-order valence-electron chi connectivity index (χ3n) is 1.10. The zero-order valence-corrected chi connectivity index (χ0v) is 8.96. The van der Waals surface area contributed by atoms with E-state index in [2.05, 4.69) is 11.2 Å². The van der Waals surface area contributed by atoms with Gasteiger partial charge in [-0.25, -0.2) is 0 Å². The molecule has 0 saturated carbocycles. The van der Waals surface area contributed by atoms with Crippen molar-refractivity contribution in [2.24, 2.45) is 4.66 Å². The van der Waals surface area contributed by atoms with Gasteiger partial charge in [-0.05, 0) is 0 Å². The average Bonchev–Trinajstić information content (AvgIpc) is 1.81. The van der Waals surface area contributed by atoms with E-state index < -0.39 is 0 Å². The number of hydrogen-bond acceptors (Lipinski definition) is 1. The quantitative estimate of drug-likeness (QED) is 0.294. The van der Waals surface area contributed by atoms with E-state index in [1.165, 1.54) is 0 Å². The molecule has 0 spiro atoms. The Kier molecular flexibility index (Phi) is 4.10. The zero-order valence-electron chi connectivity index (χ0n) is 7.55. The molecule has 0 aliphatic carbocycles. The van der Waals surface area contributed by atoms with Crippen molar-refractivity contribution in [2.45, 2.75) is 6.55 Å². The molecule has 0 N–H and O–H groups in total. The summed E-state index contributed by atoms with van der Waals surface area (Å²) in [5.41, 5.74) is 0. The zero-order chi connectivity index (χ0) is 8.15. The summed E-state index contributed by atoms with van der Waals surface area (Å²) in [6.45, 7) is 2.17. The fraction of sp³-hybridized carbons (Fsp3) is 0.833. The second-order valence-electron chi connectivity index (χ2n) is 2.56. The standard InChI is InChI=1S/C6H17N3Si/c1-8(2)6(7-10-5)9(3)4/h10H2,1-5H3. The number of guanidine groups is 1. The Morgan fingerprint density at radius 3 is 1.60 bits per heavy atom. The molecule has 0 atom stereocenters. The van der Waals surface area contributed by atoms with E-state index in [1.807, 2.05) is 38.0 Å². The van der Waals surface area contributed by atoms with Crippen LogP contribution in [0.5, 0.6) is 0 Å². The van der Waals surface area contributed by atoms with Crippen molar-refractivity contribution in [3.8, 4) is 0 Å². The van der Waals surface area contributed by atoms with Crippen molar-refractivity contribution >= 4 is 15.6 Å². The maximum absolute atomic E-state index is 4.43. The smallest absolute Gasteiger partial charge is 0.185 e. The van der Waals surface area contributed by atoms with Crippen LogP contribution in [0.1, 0.15) is 0 Å². The van der Waals surface area contributed by atoms with Crippen LogP contribution in [0.2, 0.25) is 6.55 Å². The summed E-state index contributed by atoms with van der Waals surface area (Å²) in [7, 11) is 7.85. The molecule has 60 valence electrons. The van der Waals surface area contributed by atoms with Gasteiger partial charge in [-0.3, -0.25) is 0 Å². The van der Waals surface area contributed by atoms with Gasteiger partial charge in [0.2, 0.25) is 0 Å². The fourth-order valence-corrected chi connectivity index (χ4v) is 1.67. The number of nitrogens with zero attached hydrogens (tertiary/aromatic N) is 3. The molecule has 0 aromatic carbocycles. The second-order valence-corrected chi connectivity index (χ2v) is 3.51. The van der Waals surface area contributed by atoms with Gasteiger partial charge >= 0.3 is 0 Å². The van der Waals surface area contributed by atoms with Gasteiger partial charge in [0, 0.05) is 28.2 Å². The molecule has 0 fully saturated rings. The summed E-state index contributed by atoms with van der Waals surface area (Å²) >= 11 is 0. The summed E-state index contributed by atoms with van der Waals surface area (Å²) in [6.07, 6.45) is 0. The lowest BCUT2D eigenvalue weighted by atomic mass is 10.7. The van der Waals surface area contributed by atoms with Crippen molar-refractivity contribution in [2.75, 3.05) is 28.2 Å². The highest BCUT2D eigenvalue weighted by Gasteiger charge is 2.00. The third-order valence-corrected chi connectivity index (χ3v) is 1.70. The first-order valence-corrected chi connectivity index (χ1v) is 5.53. The molecule has 0 aliphatic rings. The van der Waals surface area contributed by atoms with E-state index in [0.29, 0.717) is 0 Å². The van der Waals surface area contributed by atoms with Crippen LogP contribution >= 0.6 is 0 Å². The number of rotatable bonds is 1. The Balaban J connectivity index is 4.12. The first-order valence-electron chi connectivity index (χ1n) is 3.48. The molecule has 0 unspecified atom stereocenters. The lowest BCUT2D eigenvalue weighted by Crippen LogP contribution is -2.35. The highest BCUT2D eigenvalue weighted by Crippen LogP contribution is 1.86. The van der Waals surface area contributed by atoms with Crippen LogP contribution < -0.4 is 0 Å². The molecule has 4 heteroatoms. The van der Waals surface area contributed by atoms with Crippen LogP contribution in [-0.2, 0) is 0 Å². The maximum atomic E-state index is 4.43. The van der Waals surface area contributed by atoms with Crippen LogP contribution in [0.3, 0.4) is 0 Å². The van der Waals surface area contributed by atoms with Gasteiger partial charge < -0.3 is 14.5 Å². The largest absolute Gasteiger partial charge is 0.350 e. The minimum Gasteiger partial charge on any atom is -0.350 e. The van der Waals surface area contributed by atoms with Gasteiger partial charge in [0.05, 0.1) is 0 Å². The van der Waals surface area contributed by atoms with E-state index in [1.54, 1.807) is 0 Å². The summed E-state index contributed by atoms with van der Waals surface area (Å²) in [5.74, 6) is 1.08. The normalized spacial score (nSPS) is 10.1. The summed E-state index contributed by atoms with van der Waals surface area (Å²) in [4.78, 5) is 4.08. The van der Waals surface area contributed by atoms with Crippen molar-refractivity contribution in [1.82, 2.24) is 9.80 Å². The van der Waals surface area contributed by atoms with Gasteiger partial charge in [0.15, 0.2) is 15.6 Å². The third kappa shape index (κ3) is 2.86. The Bertz CT molecular complexity index is 110. The minimum absolute atomic E-state index is 0.214. The summed E-state index contributed by atoms with van der Waals surface area (Å²) in [6, 6.07) is 0. The molecular weight excluding hydrogens is 142 g/mol. The van der Waals surface area contributed by atoms with E-state index >= 15 is 0 Å². The van der Waals surface area contributed by atoms with Gasteiger partial charge in [0.1, 0.15) is 0 Å². The lowest BCUT2D eigenvalue weighted by Gasteiger charge is -2.22. The molecular formula is C6H17N3Si. The molecule has 0 rings (SSSR count). The van der Waals surface area contributed by atoms with Gasteiger partial charge in [-0.15, -0.1) is 0 Å². The van der Waals surface area contributed by atoms with E-state index in [-0.39, 0.29) is 9.68 Å². The highest BCUT2D eigenvalue weighted by atomic mass is 28.2. The maximum Gasteiger partial charge on any atom is 0.185 e. The average molecular weight is 159 g/mol. The molecule has 0 heterocycles. The van der Waals surface area contributed by atoms with Crippen molar-refractivity contribution in [1.29, 1.82) is 0 Å². The lowest BCUT2D eigenvalue weighted by molar-refractivity contribution is 0.486. The number of hydrogen-bond donors (Lipinski definition) is 0. The topological polar surface area (TPSA) is 18.8 Å². The minimum atomic E-state index is -0.214. The SMILES string of the molecule is C[SiH2]N=C(N(C)C)N(C)C. The Morgan fingerprint density at radius 2 is 1.50 bits per heavy atom. The monoisotopic (exact) mass is 159 g/mol. The molecule has 10 heavy (non-hydrogen) atoms.